The molecular formula is C13H27N3O. The lowest BCUT2D eigenvalue weighted by Crippen LogP contribution is -2.50. The highest BCUT2D eigenvalue weighted by molar-refractivity contribution is 5.76. The molecule has 0 saturated heterocycles. The van der Waals surface area contributed by atoms with Crippen LogP contribution < -0.4 is 11.1 Å². The van der Waals surface area contributed by atoms with Crippen molar-refractivity contribution in [2.24, 2.45) is 5.73 Å². The topological polar surface area (TPSA) is 58.4 Å². The van der Waals surface area contributed by atoms with Crippen LogP contribution in [0.2, 0.25) is 0 Å². The van der Waals surface area contributed by atoms with Crippen LogP contribution in [0.15, 0.2) is 0 Å². The first kappa shape index (κ1) is 14.5. The van der Waals surface area contributed by atoms with Gasteiger partial charge in [0.05, 0.1) is 0 Å². The molecule has 3 N–H and O–H groups in total. The molecule has 1 aliphatic rings. The summed E-state index contributed by atoms with van der Waals surface area (Å²) in [6.45, 7) is 2.71. The minimum absolute atomic E-state index is 0.107. The summed E-state index contributed by atoms with van der Waals surface area (Å²) in [7, 11) is 4.22. The van der Waals surface area contributed by atoms with Crippen LogP contribution in [0, 0.1) is 0 Å². The van der Waals surface area contributed by atoms with Gasteiger partial charge in [-0.15, -0.1) is 0 Å². The molecule has 0 aromatic heterocycles. The Morgan fingerprint density at radius 1 is 1.41 bits per heavy atom. The molecule has 0 aromatic rings. The maximum absolute atomic E-state index is 11.7. The average molecular weight is 241 g/mol. The quantitative estimate of drug-likeness (QED) is 0.732. The monoisotopic (exact) mass is 241 g/mol. The fourth-order valence-electron chi connectivity index (χ4n) is 2.53. The van der Waals surface area contributed by atoms with E-state index in [0.29, 0.717) is 6.42 Å². The zero-order valence-electron chi connectivity index (χ0n) is 11.5. The van der Waals surface area contributed by atoms with E-state index >= 15 is 0 Å². The second-order valence-electron chi connectivity index (χ2n) is 5.62. The normalized spacial score (nSPS) is 20.5. The van der Waals surface area contributed by atoms with Crippen LogP contribution in [0.25, 0.3) is 0 Å². The molecule has 1 fully saturated rings. The summed E-state index contributed by atoms with van der Waals surface area (Å²) in [5, 5.41) is 3.07. The van der Waals surface area contributed by atoms with Crippen molar-refractivity contribution in [3.05, 3.63) is 0 Å². The molecule has 0 bridgehead atoms. The molecule has 100 valence electrons. The van der Waals surface area contributed by atoms with Gasteiger partial charge in [-0.2, -0.15) is 0 Å². The first-order valence-electron chi connectivity index (χ1n) is 6.66. The number of nitrogens with two attached hydrogens (primary N) is 1. The van der Waals surface area contributed by atoms with Gasteiger partial charge >= 0.3 is 0 Å². The van der Waals surface area contributed by atoms with Gasteiger partial charge in [-0.05, 0) is 40.3 Å². The van der Waals surface area contributed by atoms with Gasteiger partial charge in [0.2, 0.25) is 5.91 Å². The summed E-state index contributed by atoms with van der Waals surface area (Å²) in [6.07, 6.45) is 6.23. The number of nitrogens with one attached hydrogen (secondary N) is 1. The minimum Gasteiger partial charge on any atom is -0.354 e. The third-order valence-electron chi connectivity index (χ3n) is 3.92. The van der Waals surface area contributed by atoms with Crippen LogP contribution in [0.3, 0.4) is 0 Å². The van der Waals surface area contributed by atoms with Gasteiger partial charge in [0.1, 0.15) is 0 Å². The lowest BCUT2D eigenvalue weighted by molar-refractivity contribution is -0.121. The van der Waals surface area contributed by atoms with Crippen LogP contribution >= 0.6 is 0 Å². The summed E-state index contributed by atoms with van der Waals surface area (Å²) in [5.74, 6) is 0.135. The summed E-state index contributed by atoms with van der Waals surface area (Å²) < 4.78 is 0. The Labute approximate surface area is 105 Å². The lowest BCUT2D eigenvalue weighted by Gasteiger charge is -2.36. The van der Waals surface area contributed by atoms with E-state index in [2.05, 4.69) is 24.3 Å². The molecule has 1 rings (SSSR count). The fraction of sp³-hybridized carbons (Fsp3) is 0.923. The number of hydrogen-bond donors (Lipinski definition) is 2. The number of likely N-dealkylation sites (N-methyl/N-ethyl adjacent to an activating group) is 1. The lowest BCUT2D eigenvalue weighted by atomic mass is 9.96. The molecule has 0 spiro atoms. The van der Waals surface area contributed by atoms with Crippen molar-refractivity contribution in [3.8, 4) is 0 Å². The van der Waals surface area contributed by atoms with Crippen molar-refractivity contribution < 1.29 is 4.79 Å². The Morgan fingerprint density at radius 2 is 2.00 bits per heavy atom. The summed E-state index contributed by atoms with van der Waals surface area (Å²) in [5.41, 5.74) is 5.83. The molecule has 4 nitrogen and oxygen atoms in total. The molecule has 1 atom stereocenters. The molecule has 0 aliphatic heterocycles. The van der Waals surface area contributed by atoms with Crippen LogP contribution in [0.5, 0.6) is 0 Å². The third kappa shape index (κ3) is 4.28. The van der Waals surface area contributed by atoms with E-state index in [4.69, 9.17) is 5.73 Å². The van der Waals surface area contributed by atoms with E-state index in [1.165, 1.54) is 25.7 Å². The van der Waals surface area contributed by atoms with Crippen molar-refractivity contribution in [3.63, 3.8) is 0 Å². The minimum atomic E-state index is 0.107. The highest BCUT2D eigenvalue weighted by Crippen LogP contribution is 2.33. The Bertz CT molecular complexity index is 245. The molecule has 0 aromatic carbocycles. The molecule has 1 saturated carbocycles. The zero-order chi connectivity index (χ0) is 12.9. The number of carbonyl (C=O) groups is 1. The van der Waals surface area contributed by atoms with E-state index in [0.717, 1.165) is 13.0 Å². The number of rotatable bonds is 6. The molecule has 1 unspecified atom stereocenters. The Kier molecular flexibility index (Phi) is 5.40. The zero-order valence-corrected chi connectivity index (χ0v) is 11.5. The smallest absolute Gasteiger partial charge is 0.220 e. The fourth-order valence-corrected chi connectivity index (χ4v) is 2.53. The van der Waals surface area contributed by atoms with E-state index < -0.39 is 0 Å². The van der Waals surface area contributed by atoms with Gasteiger partial charge in [0, 0.05) is 24.5 Å². The van der Waals surface area contributed by atoms with Crippen molar-refractivity contribution >= 4 is 5.91 Å². The molecule has 0 heterocycles. The highest BCUT2D eigenvalue weighted by Gasteiger charge is 2.35. The SMILES string of the molecule is CC(N)CCC(=O)NCC1(N(C)C)CCCC1. The van der Waals surface area contributed by atoms with Crippen LogP contribution in [0.1, 0.15) is 45.4 Å². The van der Waals surface area contributed by atoms with Gasteiger partial charge in [0.25, 0.3) is 0 Å². The van der Waals surface area contributed by atoms with Gasteiger partial charge in [0.15, 0.2) is 0 Å². The van der Waals surface area contributed by atoms with Gasteiger partial charge in [-0.3, -0.25) is 4.79 Å². The summed E-state index contributed by atoms with van der Waals surface area (Å²) in [4.78, 5) is 14.0. The predicted octanol–water partition coefficient (Wildman–Crippen LogP) is 1.10. The standard InChI is InChI=1S/C13H27N3O/c1-11(14)6-7-12(17)15-10-13(16(2)3)8-4-5-9-13/h11H,4-10,14H2,1-3H3,(H,15,17). The summed E-state index contributed by atoms with van der Waals surface area (Å²) >= 11 is 0. The van der Waals surface area contributed by atoms with Crippen molar-refractivity contribution in [1.82, 2.24) is 10.2 Å². The number of nitrogens with zero attached hydrogens (tertiary/aromatic N) is 1. The van der Waals surface area contributed by atoms with Crippen LogP contribution in [0.4, 0.5) is 0 Å². The van der Waals surface area contributed by atoms with Gasteiger partial charge in [-0.25, -0.2) is 0 Å². The van der Waals surface area contributed by atoms with E-state index in [-0.39, 0.29) is 17.5 Å². The average Bonchev–Trinajstić information content (AvgIpc) is 2.73. The van der Waals surface area contributed by atoms with Crippen LogP contribution in [-0.4, -0.2) is 43.0 Å². The number of amides is 1. The van der Waals surface area contributed by atoms with Crippen molar-refractivity contribution in [1.29, 1.82) is 0 Å². The molecule has 1 aliphatic carbocycles. The number of hydrogen-bond acceptors (Lipinski definition) is 3. The Hall–Kier alpha value is -0.610. The largest absolute Gasteiger partial charge is 0.354 e. The van der Waals surface area contributed by atoms with Gasteiger partial charge < -0.3 is 16.0 Å². The third-order valence-corrected chi connectivity index (χ3v) is 3.92. The molecule has 1 amide bonds. The maximum atomic E-state index is 11.7. The summed E-state index contributed by atoms with van der Waals surface area (Å²) in [6, 6.07) is 0.107. The van der Waals surface area contributed by atoms with Crippen LogP contribution in [-0.2, 0) is 4.79 Å². The van der Waals surface area contributed by atoms with Crippen molar-refractivity contribution in [2.75, 3.05) is 20.6 Å². The van der Waals surface area contributed by atoms with E-state index in [1.54, 1.807) is 0 Å². The second kappa shape index (κ2) is 6.36. The highest BCUT2D eigenvalue weighted by atomic mass is 16.1. The van der Waals surface area contributed by atoms with Crippen molar-refractivity contribution in [2.45, 2.75) is 57.0 Å². The molecular weight excluding hydrogens is 214 g/mol. The van der Waals surface area contributed by atoms with Gasteiger partial charge in [-0.1, -0.05) is 12.8 Å². The number of carbonyl (C=O) groups excluding carboxylic acids is 1. The Morgan fingerprint density at radius 3 is 2.47 bits per heavy atom. The molecule has 4 heteroatoms. The maximum Gasteiger partial charge on any atom is 0.220 e. The predicted molar refractivity (Wildman–Crippen MR) is 70.8 cm³/mol. The molecule has 17 heavy (non-hydrogen) atoms. The van der Waals surface area contributed by atoms with E-state index in [1.807, 2.05) is 6.92 Å². The Balaban J connectivity index is 2.35. The first-order chi connectivity index (χ1) is 7.96. The first-order valence-corrected chi connectivity index (χ1v) is 6.66. The van der Waals surface area contributed by atoms with E-state index in [9.17, 15) is 4.79 Å². The molecule has 0 radical (unpaired) electrons. The second-order valence-corrected chi connectivity index (χ2v) is 5.62.